The fourth-order valence-electron chi connectivity index (χ4n) is 3.52. The zero-order valence-electron chi connectivity index (χ0n) is 14.7. The van der Waals surface area contributed by atoms with Gasteiger partial charge in [-0.05, 0) is 6.42 Å². The van der Waals surface area contributed by atoms with E-state index < -0.39 is 0 Å². The molecule has 8 nitrogen and oxygen atoms in total. The van der Waals surface area contributed by atoms with Gasteiger partial charge in [0.15, 0.2) is 11.5 Å². The van der Waals surface area contributed by atoms with Gasteiger partial charge in [0.2, 0.25) is 11.8 Å². The maximum absolute atomic E-state index is 12.8. The number of aromatic nitrogens is 2. The third-order valence-corrected chi connectivity index (χ3v) is 4.81. The highest BCUT2D eigenvalue weighted by Crippen LogP contribution is 2.22. The zero-order valence-corrected chi connectivity index (χ0v) is 14.7. The van der Waals surface area contributed by atoms with Gasteiger partial charge in [0, 0.05) is 58.1 Å². The van der Waals surface area contributed by atoms with Crippen LogP contribution in [0.1, 0.15) is 18.5 Å². The summed E-state index contributed by atoms with van der Waals surface area (Å²) in [6.45, 7) is 7.10. The molecule has 1 unspecified atom stereocenters. The van der Waals surface area contributed by atoms with Crippen LogP contribution < -0.4 is 4.90 Å². The molecule has 0 saturated carbocycles. The molecule has 8 heteroatoms. The van der Waals surface area contributed by atoms with E-state index >= 15 is 0 Å². The Morgan fingerprint density at radius 3 is 2.88 bits per heavy atom. The van der Waals surface area contributed by atoms with Crippen LogP contribution in [0.5, 0.6) is 0 Å². The molecule has 0 radical (unpaired) electrons. The van der Waals surface area contributed by atoms with Crippen LogP contribution >= 0.6 is 0 Å². The maximum Gasteiger partial charge on any atom is 0.228 e. The van der Waals surface area contributed by atoms with E-state index in [0.29, 0.717) is 50.8 Å². The van der Waals surface area contributed by atoms with Gasteiger partial charge in [-0.2, -0.15) is 5.26 Å². The molecule has 1 aromatic rings. The Hall–Kier alpha value is -2.95. The highest BCUT2D eigenvalue weighted by molar-refractivity contribution is 5.89. The molecule has 2 saturated heterocycles. The lowest BCUT2D eigenvalue weighted by molar-refractivity contribution is -0.135. The topological polar surface area (TPSA) is 93.4 Å². The molecule has 3 heterocycles. The van der Waals surface area contributed by atoms with E-state index in [1.165, 1.54) is 6.20 Å². The van der Waals surface area contributed by atoms with E-state index in [1.54, 1.807) is 17.2 Å². The first-order valence-electron chi connectivity index (χ1n) is 8.77. The molecule has 0 aromatic carbocycles. The number of carbonyl (C=O) groups is 2. The Morgan fingerprint density at radius 2 is 2.12 bits per heavy atom. The molecule has 2 aliphatic heterocycles. The average Bonchev–Trinajstić information content (AvgIpc) is 2.87. The Morgan fingerprint density at radius 1 is 1.31 bits per heavy atom. The number of nitrogens with zero attached hydrogens (tertiary/aromatic N) is 6. The summed E-state index contributed by atoms with van der Waals surface area (Å²) in [5.41, 5.74) is 0.300. The number of nitriles is 1. The van der Waals surface area contributed by atoms with Crippen molar-refractivity contribution in [2.45, 2.75) is 12.8 Å². The van der Waals surface area contributed by atoms with Gasteiger partial charge in [0.05, 0.1) is 5.92 Å². The van der Waals surface area contributed by atoms with Gasteiger partial charge in [0.1, 0.15) is 6.07 Å². The van der Waals surface area contributed by atoms with Crippen molar-refractivity contribution in [3.63, 3.8) is 0 Å². The molecule has 3 rings (SSSR count). The second kappa shape index (κ2) is 7.95. The number of anilines is 1. The Bertz CT molecular complexity index is 743. The smallest absolute Gasteiger partial charge is 0.228 e. The first kappa shape index (κ1) is 17.9. The molecule has 136 valence electrons. The number of amides is 2. The number of likely N-dealkylation sites (tertiary alicyclic amines) is 1. The van der Waals surface area contributed by atoms with Crippen LogP contribution in [0.25, 0.3) is 0 Å². The summed E-state index contributed by atoms with van der Waals surface area (Å²) in [6.07, 6.45) is 5.81. The number of rotatable bonds is 4. The SMILES string of the molecule is C=CCN1CC(C(=O)N2CCCN(c3nccnc3C#N)CC2)CC1=O. The van der Waals surface area contributed by atoms with Gasteiger partial charge < -0.3 is 14.7 Å². The first-order valence-corrected chi connectivity index (χ1v) is 8.77. The minimum absolute atomic E-state index is 0.0120. The second-order valence-corrected chi connectivity index (χ2v) is 6.49. The third-order valence-electron chi connectivity index (χ3n) is 4.81. The zero-order chi connectivity index (χ0) is 18.5. The van der Waals surface area contributed by atoms with Crippen molar-refractivity contribution in [1.82, 2.24) is 19.8 Å². The van der Waals surface area contributed by atoms with Crippen molar-refractivity contribution >= 4 is 17.6 Å². The van der Waals surface area contributed by atoms with E-state index in [-0.39, 0.29) is 24.2 Å². The Kier molecular flexibility index (Phi) is 5.46. The lowest BCUT2D eigenvalue weighted by Crippen LogP contribution is -2.40. The van der Waals surface area contributed by atoms with Crippen LogP contribution in [0.3, 0.4) is 0 Å². The standard InChI is InChI=1S/C18H22N6O2/c1-2-6-24-13-14(11-16(24)25)18(26)23-8-3-7-22(9-10-23)17-15(12-19)20-4-5-21-17/h2,4-5,14H,1,3,6-11,13H2. The van der Waals surface area contributed by atoms with Crippen LogP contribution in [0.4, 0.5) is 5.82 Å². The van der Waals surface area contributed by atoms with Crippen molar-refractivity contribution in [2.75, 3.05) is 44.2 Å². The van der Waals surface area contributed by atoms with Crippen LogP contribution in [-0.4, -0.2) is 70.9 Å². The van der Waals surface area contributed by atoms with E-state index in [1.807, 2.05) is 9.80 Å². The molecule has 1 aromatic heterocycles. The fraction of sp³-hybridized carbons (Fsp3) is 0.500. The van der Waals surface area contributed by atoms with E-state index in [2.05, 4.69) is 22.6 Å². The van der Waals surface area contributed by atoms with Crippen molar-refractivity contribution in [2.24, 2.45) is 5.92 Å². The molecule has 1 atom stereocenters. The third kappa shape index (κ3) is 3.67. The maximum atomic E-state index is 12.8. The number of carbonyl (C=O) groups excluding carboxylic acids is 2. The largest absolute Gasteiger partial charge is 0.352 e. The predicted molar refractivity (Wildman–Crippen MR) is 95.0 cm³/mol. The molecule has 2 amide bonds. The molecular formula is C18H22N6O2. The number of hydrogen-bond donors (Lipinski definition) is 0. The van der Waals surface area contributed by atoms with Crippen molar-refractivity contribution < 1.29 is 9.59 Å². The summed E-state index contributed by atoms with van der Waals surface area (Å²) in [5.74, 6) is 0.335. The summed E-state index contributed by atoms with van der Waals surface area (Å²) in [7, 11) is 0. The van der Waals surface area contributed by atoms with Crippen molar-refractivity contribution in [1.29, 1.82) is 5.26 Å². The molecule has 0 aliphatic carbocycles. The first-order chi connectivity index (χ1) is 12.6. The molecule has 0 N–H and O–H groups in total. The summed E-state index contributed by atoms with van der Waals surface area (Å²) < 4.78 is 0. The quantitative estimate of drug-likeness (QED) is 0.728. The molecule has 0 spiro atoms. The van der Waals surface area contributed by atoms with E-state index in [9.17, 15) is 14.9 Å². The minimum Gasteiger partial charge on any atom is -0.352 e. The highest BCUT2D eigenvalue weighted by Gasteiger charge is 2.36. The summed E-state index contributed by atoms with van der Waals surface area (Å²) >= 11 is 0. The second-order valence-electron chi connectivity index (χ2n) is 6.49. The van der Waals surface area contributed by atoms with Crippen molar-refractivity contribution in [3.8, 4) is 6.07 Å². The van der Waals surface area contributed by atoms with Gasteiger partial charge in [-0.15, -0.1) is 6.58 Å². The van der Waals surface area contributed by atoms with Gasteiger partial charge >= 0.3 is 0 Å². The predicted octanol–water partition coefficient (Wildman–Crippen LogP) is 0.421. The van der Waals surface area contributed by atoms with Gasteiger partial charge in [-0.3, -0.25) is 9.59 Å². The van der Waals surface area contributed by atoms with Gasteiger partial charge in [-0.1, -0.05) is 6.08 Å². The van der Waals surface area contributed by atoms with Crippen LogP contribution in [0.15, 0.2) is 25.0 Å². The van der Waals surface area contributed by atoms with Crippen molar-refractivity contribution in [3.05, 3.63) is 30.7 Å². The Balaban J connectivity index is 1.64. The van der Waals surface area contributed by atoms with E-state index in [0.717, 1.165) is 6.42 Å². The summed E-state index contributed by atoms with van der Waals surface area (Å²) in [6, 6.07) is 2.07. The molecule has 2 aliphatic rings. The molecule has 0 bridgehead atoms. The summed E-state index contributed by atoms with van der Waals surface area (Å²) in [4.78, 5) is 38.7. The lowest BCUT2D eigenvalue weighted by Gasteiger charge is -2.25. The van der Waals surface area contributed by atoms with Gasteiger partial charge in [0.25, 0.3) is 0 Å². The molecular weight excluding hydrogens is 332 g/mol. The highest BCUT2D eigenvalue weighted by atomic mass is 16.2. The Labute approximate surface area is 152 Å². The fourth-order valence-corrected chi connectivity index (χ4v) is 3.52. The summed E-state index contributed by atoms with van der Waals surface area (Å²) in [5, 5.41) is 9.21. The normalized spacial score (nSPS) is 20.7. The monoisotopic (exact) mass is 354 g/mol. The van der Waals surface area contributed by atoms with Gasteiger partial charge in [-0.25, -0.2) is 9.97 Å². The molecule has 26 heavy (non-hydrogen) atoms. The van der Waals surface area contributed by atoms with Crippen LogP contribution in [0.2, 0.25) is 0 Å². The average molecular weight is 354 g/mol. The van der Waals surface area contributed by atoms with Crippen LogP contribution in [0, 0.1) is 17.2 Å². The molecule has 2 fully saturated rings. The number of hydrogen-bond acceptors (Lipinski definition) is 6. The van der Waals surface area contributed by atoms with Crippen LogP contribution in [-0.2, 0) is 9.59 Å². The lowest BCUT2D eigenvalue weighted by atomic mass is 10.1. The minimum atomic E-state index is -0.278. The van der Waals surface area contributed by atoms with E-state index in [4.69, 9.17) is 0 Å².